The van der Waals surface area contributed by atoms with Gasteiger partial charge in [-0.1, -0.05) is 50.6 Å². The van der Waals surface area contributed by atoms with Crippen molar-refractivity contribution >= 4 is 11.9 Å². The van der Waals surface area contributed by atoms with E-state index in [4.69, 9.17) is 5.73 Å². The number of hydrogen-bond acceptors (Lipinski definition) is 2. The molecule has 1 aliphatic heterocycles. The van der Waals surface area contributed by atoms with E-state index in [1.165, 1.54) is 6.42 Å². The molecule has 3 rings (SSSR count). The number of urea groups is 1. The van der Waals surface area contributed by atoms with E-state index < -0.39 is 0 Å². The number of carbonyl (C=O) groups is 1. The van der Waals surface area contributed by atoms with Crippen LogP contribution in [0.25, 0.3) is 0 Å². The van der Waals surface area contributed by atoms with Crippen molar-refractivity contribution in [3.63, 3.8) is 0 Å². The van der Waals surface area contributed by atoms with Crippen molar-refractivity contribution in [1.29, 1.82) is 0 Å². The third-order valence-electron chi connectivity index (χ3n) is 4.84. The van der Waals surface area contributed by atoms with E-state index in [1.807, 2.05) is 35.2 Å². The second kappa shape index (κ2) is 4.86. The lowest BCUT2D eigenvalue weighted by Gasteiger charge is -2.47. The predicted molar refractivity (Wildman–Crippen MR) is 84.0 cm³/mol. The maximum atomic E-state index is 12.3. The molecule has 1 aliphatic carbocycles. The topological polar surface area (TPSA) is 58.7 Å². The van der Waals surface area contributed by atoms with E-state index in [9.17, 15) is 4.79 Å². The maximum Gasteiger partial charge on any atom is 0.346 e. The van der Waals surface area contributed by atoms with Crippen LogP contribution >= 0.6 is 0 Å². The lowest BCUT2D eigenvalue weighted by atomic mass is 9.67. The molecule has 1 unspecified atom stereocenters. The molecule has 1 fully saturated rings. The Morgan fingerprint density at radius 3 is 2.62 bits per heavy atom. The lowest BCUT2D eigenvalue weighted by molar-refractivity contribution is 0.0823. The number of amides is 2. The fourth-order valence-corrected chi connectivity index (χ4v) is 3.85. The number of nitrogens with two attached hydrogens (primary N) is 1. The molecule has 2 N–H and O–H groups in total. The van der Waals surface area contributed by atoms with Crippen LogP contribution < -0.4 is 5.73 Å². The van der Waals surface area contributed by atoms with Crippen LogP contribution in [0, 0.1) is 5.41 Å². The molecule has 0 saturated heterocycles. The number of rotatable bonds is 2. The second-order valence-corrected chi connectivity index (χ2v) is 7.08. The minimum absolute atomic E-state index is 0.186. The monoisotopic (exact) mass is 285 g/mol. The van der Waals surface area contributed by atoms with E-state index in [-0.39, 0.29) is 17.0 Å². The van der Waals surface area contributed by atoms with Crippen LogP contribution in [-0.4, -0.2) is 22.3 Å². The molecule has 0 aromatic heterocycles. The summed E-state index contributed by atoms with van der Waals surface area (Å²) in [5.41, 5.74) is 7.12. The summed E-state index contributed by atoms with van der Waals surface area (Å²) in [5.74, 6) is 0.510. The smallest absolute Gasteiger partial charge is 0.346 e. The first-order valence-corrected chi connectivity index (χ1v) is 7.63. The zero-order valence-electron chi connectivity index (χ0n) is 12.8. The van der Waals surface area contributed by atoms with E-state index in [1.54, 1.807) is 0 Å². The van der Waals surface area contributed by atoms with Crippen molar-refractivity contribution in [1.82, 2.24) is 4.90 Å². The number of amidine groups is 1. The molecule has 1 spiro atoms. The van der Waals surface area contributed by atoms with E-state index in [2.05, 4.69) is 18.8 Å². The minimum Gasteiger partial charge on any atom is -0.385 e. The average Bonchev–Trinajstić information content (AvgIpc) is 2.63. The van der Waals surface area contributed by atoms with Crippen molar-refractivity contribution < 1.29 is 4.79 Å². The van der Waals surface area contributed by atoms with E-state index >= 15 is 0 Å². The van der Waals surface area contributed by atoms with Gasteiger partial charge in [0.25, 0.3) is 0 Å². The highest BCUT2D eigenvalue weighted by Crippen LogP contribution is 2.46. The Hall–Kier alpha value is -1.84. The fraction of sp³-hybridized carbons (Fsp3) is 0.529. The Labute approximate surface area is 126 Å². The SMILES string of the molecule is CC1(C)CCCC2(C1)C(N)=NC(=O)N2Cc1ccccc1. The second-order valence-electron chi connectivity index (χ2n) is 7.08. The number of hydrogen-bond donors (Lipinski definition) is 1. The third-order valence-corrected chi connectivity index (χ3v) is 4.84. The minimum atomic E-state index is -0.380. The first kappa shape index (κ1) is 14.1. The van der Waals surface area contributed by atoms with Gasteiger partial charge in [-0.3, -0.25) is 0 Å². The van der Waals surface area contributed by atoms with Gasteiger partial charge in [-0.15, -0.1) is 0 Å². The highest BCUT2D eigenvalue weighted by atomic mass is 16.2. The molecule has 0 bridgehead atoms. The standard InChI is InChI=1S/C17H23N3O/c1-16(2)9-6-10-17(12-16)14(18)19-15(21)20(17)11-13-7-4-3-5-8-13/h3-5,7-8H,6,9-12H2,1-2H3,(H2,18,19,21). The summed E-state index contributed by atoms with van der Waals surface area (Å²) in [4.78, 5) is 18.3. The van der Waals surface area contributed by atoms with Gasteiger partial charge in [0.05, 0.1) is 0 Å². The van der Waals surface area contributed by atoms with Gasteiger partial charge in [-0.25, -0.2) is 4.79 Å². The van der Waals surface area contributed by atoms with Gasteiger partial charge in [-0.2, -0.15) is 4.99 Å². The molecular formula is C17H23N3O. The predicted octanol–water partition coefficient (Wildman–Crippen LogP) is 3.32. The number of carbonyl (C=O) groups excluding carboxylic acids is 1. The average molecular weight is 285 g/mol. The van der Waals surface area contributed by atoms with Crippen LogP contribution in [0.1, 0.15) is 45.1 Å². The molecule has 1 atom stereocenters. The van der Waals surface area contributed by atoms with Crippen molar-refractivity contribution in [3.05, 3.63) is 35.9 Å². The maximum absolute atomic E-state index is 12.3. The Morgan fingerprint density at radius 2 is 1.95 bits per heavy atom. The summed E-state index contributed by atoms with van der Waals surface area (Å²) >= 11 is 0. The van der Waals surface area contributed by atoms with Crippen LogP contribution in [-0.2, 0) is 6.54 Å². The summed E-state index contributed by atoms with van der Waals surface area (Å²) in [6, 6.07) is 9.89. The molecule has 112 valence electrons. The zero-order valence-corrected chi connectivity index (χ0v) is 12.8. The Morgan fingerprint density at radius 1 is 1.24 bits per heavy atom. The van der Waals surface area contributed by atoms with Gasteiger partial charge in [0.1, 0.15) is 11.4 Å². The van der Waals surface area contributed by atoms with E-state index in [0.29, 0.717) is 12.4 Å². The Bertz CT molecular complexity index is 579. The van der Waals surface area contributed by atoms with Gasteiger partial charge in [-0.05, 0) is 30.2 Å². The fourth-order valence-electron chi connectivity index (χ4n) is 3.85. The van der Waals surface area contributed by atoms with Crippen LogP contribution in [0.3, 0.4) is 0 Å². The van der Waals surface area contributed by atoms with Gasteiger partial charge in [0, 0.05) is 6.54 Å². The van der Waals surface area contributed by atoms with Crippen LogP contribution in [0.2, 0.25) is 0 Å². The molecule has 1 aromatic rings. The number of benzene rings is 1. The van der Waals surface area contributed by atoms with Crippen molar-refractivity contribution in [2.45, 2.75) is 51.6 Å². The Kier molecular flexibility index (Phi) is 3.27. The van der Waals surface area contributed by atoms with Crippen molar-refractivity contribution in [3.8, 4) is 0 Å². The van der Waals surface area contributed by atoms with Crippen LogP contribution in [0.4, 0.5) is 4.79 Å². The molecule has 21 heavy (non-hydrogen) atoms. The Balaban J connectivity index is 1.92. The molecule has 4 heteroatoms. The molecule has 1 saturated carbocycles. The summed E-state index contributed by atoms with van der Waals surface area (Å²) in [7, 11) is 0. The van der Waals surface area contributed by atoms with Gasteiger partial charge in [0.2, 0.25) is 0 Å². The molecular weight excluding hydrogens is 262 g/mol. The normalized spacial score (nSPS) is 28.0. The molecule has 1 aromatic carbocycles. The quantitative estimate of drug-likeness (QED) is 0.906. The summed E-state index contributed by atoms with van der Waals surface area (Å²) in [6.07, 6.45) is 4.08. The molecule has 4 nitrogen and oxygen atoms in total. The highest BCUT2D eigenvalue weighted by Gasteiger charge is 2.52. The molecule has 1 heterocycles. The van der Waals surface area contributed by atoms with Gasteiger partial charge >= 0.3 is 6.03 Å². The van der Waals surface area contributed by atoms with Crippen LogP contribution in [0.15, 0.2) is 35.3 Å². The molecule has 0 radical (unpaired) electrons. The van der Waals surface area contributed by atoms with Crippen molar-refractivity contribution in [2.24, 2.45) is 16.1 Å². The van der Waals surface area contributed by atoms with Crippen LogP contribution in [0.5, 0.6) is 0 Å². The van der Waals surface area contributed by atoms with Gasteiger partial charge in [0.15, 0.2) is 0 Å². The molecule has 2 amide bonds. The summed E-state index contributed by atoms with van der Waals surface area (Å²) < 4.78 is 0. The van der Waals surface area contributed by atoms with Crippen molar-refractivity contribution in [2.75, 3.05) is 0 Å². The third kappa shape index (κ3) is 2.43. The zero-order chi connectivity index (χ0) is 15.1. The largest absolute Gasteiger partial charge is 0.385 e. The number of nitrogens with zero attached hydrogens (tertiary/aromatic N) is 2. The van der Waals surface area contributed by atoms with Gasteiger partial charge < -0.3 is 10.6 Å². The first-order valence-electron chi connectivity index (χ1n) is 7.63. The molecule has 2 aliphatic rings. The highest BCUT2D eigenvalue weighted by molar-refractivity contribution is 6.05. The first-order chi connectivity index (χ1) is 9.93. The van der Waals surface area contributed by atoms with E-state index in [0.717, 1.165) is 24.8 Å². The number of aliphatic imine (C=N–C) groups is 1. The lowest BCUT2D eigenvalue weighted by Crippen LogP contribution is -2.57. The summed E-state index contributed by atoms with van der Waals surface area (Å²) in [5, 5.41) is 0. The summed E-state index contributed by atoms with van der Waals surface area (Å²) in [6.45, 7) is 5.09.